The average Bonchev–Trinajstić information content (AvgIpc) is 2.27. The summed E-state index contributed by atoms with van der Waals surface area (Å²) in [5.74, 6) is 0.471. The number of sulfone groups is 1. The Bertz CT molecular complexity index is 597. The quantitative estimate of drug-likeness (QED) is 0.830. The van der Waals surface area contributed by atoms with Crippen molar-refractivity contribution in [2.24, 2.45) is 5.73 Å². The molecule has 1 aromatic rings. The third kappa shape index (κ3) is 3.67. The normalized spacial score (nSPS) is 21.8. The third-order valence-electron chi connectivity index (χ3n) is 3.26. The number of aryl methyl sites for hydroxylation is 1. The molecule has 3 N–H and O–H groups in total. The van der Waals surface area contributed by atoms with Gasteiger partial charge in [-0.1, -0.05) is 18.3 Å². The second-order valence-electron chi connectivity index (χ2n) is 5.01. The van der Waals surface area contributed by atoms with Crippen LogP contribution in [0.3, 0.4) is 0 Å². The van der Waals surface area contributed by atoms with Crippen molar-refractivity contribution in [3.05, 3.63) is 29.3 Å². The molecule has 1 aromatic carbocycles. The van der Waals surface area contributed by atoms with Crippen molar-refractivity contribution in [1.82, 2.24) is 0 Å². The van der Waals surface area contributed by atoms with Gasteiger partial charge in [-0.05, 0) is 37.5 Å². The van der Waals surface area contributed by atoms with E-state index in [2.05, 4.69) is 5.32 Å². The molecule has 104 valence electrons. The van der Waals surface area contributed by atoms with Crippen molar-refractivity contribution in [3.63, 3.8) is 0 Å². The van der Waals surface area contributed by atoms with Crippen LogP contribution in [0.1, 0.15) is 24.0 Å². The Balaban J connectivity index is 2.23. The number of nitrogens with two attached hydrogens (primary N) is 1. The van der Waals surface area contributed by atoms with Crippen LogP contribution in [0.25, 0.3) is 0 Å². The monoisotopic (exact) mass is 298 g/mol. The SMILES string of the molecule is Cc1ccc(C(N)=S)c(NC2CCCS(=O)(=O)C2)c1. The number of rotatable bonds is 3. The van der Waals surface area contributed by atoms with Crippen LogP contribution >= 0.6 is 12.2 Å². The van der Waals surface area contributed by atoms with Crippen LogP contribution in [0.15, 0.2) is 18.2 Å². The maximum absolute atomic E-state index is 11.6. The van der Waals surface area contributed by atoms with Gasteiger partial charge in [0.2, 0.25) is 0 Å². The molecule has 0 bridgehead atoms. The standard InChI is InChI=1S/C13H18N2O2S2/c1-9-4-5-11(13(14)18)12(7-9)15-10-3-2-6-19(16,17)8-10/h4-5,7,10,15H,2-3,6,8H2,1H3,(H2,14,18). The maximum atomic E-state index is 11.6. The molecule has 6 heteroatoms. The number of hydrogen-bond donors (Lipinski definition) is 2. The predicted molar refractivity (Wildman–Crippen MR) is 82.4 cm³/mol. The lowest BCUT2D eigenvalue weighted by Gasteiger charge is -2.25. The molecule has 1 aliphatic rings. The fourth-order valence-corrected chi connectivity index (χ4v) is 4.16. The lowest BCUT2D eigenvalue weighted by Crippen LogP contribution is -2.35. The topological polar surface area (TPSA) is 72.2 Å². The molecule has 1 atom stereocenters. The van der Waals surface area contributed by atoms with E-state index in [9.17, 15) is 8.42 Å². The first-order valence-corrected chi connectivity index (χ1v) is 8.48. The largest absolute Gasteiger partial charge is 0.389 e. The Hall–Kier alpha value is -1.14. The van der Waals surface area contributed by atoms with E-state index in [1.807, 2.05) is 25.1 Å². The van der Waals surface area contributed by atoms with Crippen LogP contribution in [-0.4, -0.2) is 31.0 Å². The van der Waals surface area contributed by atoms with Crippen LogP contribution in [0.5, 0.6) is 0 Å². The molecule has 0 aromatic heterocycles. The molecule has 0 amide bonds. The minimum absolute atomic E-state index is 0.0614. The molecule has 0 aliphatic carbocycles. The molecule has 1 aliphatic heterocycles. The van der Waals surface area contributed by atoms with Gasteiger partial charge in [-0.15, -0.1) is 0 Å². The summed E-state index contributed by atoms with van der Waals surface area (Å²) in [5.41, 5.74) is 8.38. The molecular weight excluding hydrogens is 280 g/mol. The smallest absolute Gasteiger partial charge is 0.152 e. The van der Waals surface area contributed by atoms with Crippen molar-refractivity contribution in [1.29, 1.82) is 0 Å². The minimum atomic E-state index is -2.92. The summed E-state index contributed by atoms with van der Waals surface area (Å²) in [6, 6.07) is 5.71. The van der Waals surface area contributed by atoms with Crippen molar-refractivity contribution in [2.45, 2.75) is 25.8 Å². The molecular formula is C13H18N2O2S2. The summed E-state index contributed by atoms with van der Waals surface area (Å²) < 4.78 is 23.3. The molecule has 0 radical (unpaired) electrons. The highest BCUT2D eigenvalue weighted by molar-refractivity contribution is 7.91. The van der Waals surface area contributed by atoms with Gasteiger partial charge in [0.1, 0.15) is 4.99 Å². The maximum Gasteiger partial charge on any atom is 0.152 e. The van der Waals surface area contributed by atoms with Gasteiger partial charge < -0.3 is 11.1 Å². The number of anilines is 1. The molecule has 2 rings (SSSR count). The van der Waals surface area contributed by atoms with Gasteiger partial charge in [0.15, 0.2) is 9.84 Å². The Morgan fingerprint density at radius 3 is 2.84 bits per heavy atom. The molecule has 1 saturated heterocycles. The average molecular weight is 298 g/mol. The molecule has 0 saturated carbocycles. The van der Waals surface area contributed by atoms with Crippen molar-refractivity contribution < 1.29 is 8.42 Å². The van der Waals surface area contributed by atoms with Crippen LogP contribution in [0.4, 0.5) is 5.69 Å². The fourth-order valence-electron chi connectivity index (χ4n) is 2.35. The van der Waals surface area contributed by atoms with Crippen LogP contribution in [0, 0.1) is 6.92 Å². The van der Waals surface area contributed by atoms with E-state index < -0.39 is 9.84 Å². The molecule has 0 spiro atoms. The molecule has 1 heterocycles. The highest BCUT2D eigenvalue weighted by Gasteiger charge is 2.25. The van der Waals surface area contributed by atoms with Crippen LogP contribution in [-0.2, 0) is 9.84 Å². The summed E-state index contributed by atoms with van der Waals surface area (Å²) in [6.45, 7) is 1.98. The lowest BCUT2D eigenvalue weighted by atomic mass is 10.1. The van der Waals surface area contributed by atoms with Crippen molar-refractivity contribution in [2.75, 3.05) is 16.8 Å². The van der Waals surface area contributed by atoms with Gasteiger partial charge in [-0.25, -0.2) is 8.42 Å². The second-order valence-corrected chi connectivity index (χ2v) is 7.68. The first-order valence-electron chi connectivity index (χ1n) is 6.25. The Morgan fingerprint density at radius 2 is 2.21 bits per heavy atom. The number of nitrogens with one attached hydrogen (secondary N) is 1. The number of thiocarbonyl (C=S) groups is 1. The van der Waals surface area contributed by atoms with Crippen molar-refractivity contribution in [3.8, 4) is 0 Å². The summed E-state index contributed by atoms with van der Waals surface area (Å²) in [7, 11) is -2.92. The third-order valence-corrected chi connectivity index (χ3v) is 5.30. The van der Waals surface area contributed by atoms with E-state index in [-0.39, 0.29) is 11.8 Å². The van der Waals surface area contributed by atoms with E-state index in [0.29, 0.717) is 17.2 Å². The van der Waals surface area contributed by atoms with Gasteiger partial charge in [0.05, 0.1) is 11.5 Å². The summed E-state index contributed by atoms with van der Waals surface area (Å²) >= 11 is 5.03. The summed E-state index contributed by atoms with van der Waals surface area (Å²) in [4.78, 5) is 0.321. The lowest BCUT2D eigenvalue weighted by molar-refractivity contribution is 0.562. The Kier molecular flexibility index (Phi) is 4.10. The van der Waals surface area contributed by atoms with E-state index in [1.54, 1.807) is 0 Å². The second kappa shape index (κ2) is 5.46. The number of benzene rings is 1. The van der Waals surface area contributed by atoms with Gasteiger partial charge in [-0.2, -0.15) is 0 Å². The van der Waals surface area contributed by atoms with E-state index in [4.69, 9.17) is 18.0 Å². The van der Waals surface area contributed by atoms with E-state index in [1.165, 1.54) is 0 Å². The fraction of sp³-hybridized carbons (Fsp3) is 0.462. The number of hydrogen-bond acceptors (Lipinski definition) is 4. The zero-order valence-corrected chi connectivity index (χ0v) is 12.5. The zero-order valence-electron chi connectivity index (χ0n) is 10.8. The molecule has 1 fully saturated rings. The van der Waals surface area contributed by atoms with Crippen LogP contribution < -0.4 is 11.1 Å². The Morgan fingerprint density at radius 1 is 1.47 bits per heavy atom. The van der Waals surface area contributed by atoms with E-state index in [0.717, 1.165) is 23.2 Å². The van der Waals surface area contributed by atoms with Gasteiger partial charge in [0, 0.05) is 17.3 Å². The minimum Gasteiger partial charge on any atom is -0.389 e. The molecule has 1 unspecified atom stereocenters. The molecule has 19 heavy (non-hydrogen) atoms. The van der Waals surface area contributed by atoms with Gasteiger partial charge in [0.25, 0.3) is 0 Å². The first kappa shape index (κ1) is 14.3. The summed E-state index contributed by atoms with van der Waals surface area (Å²) in [5, 5.41) is 3.28. The summed E-state index contributed by atoms with van der Waals surface area (Å²) in [6.07, 6.45) is 1.55. The van der Waals surface area contributed by atoms with Gasteiger partial charge in [-0.3, -0.25) is 0 Å². The van der Waals surface area contributed by atoms with Gasteiger partial charge >= 0.3 is 0 Å². The highest BCUT2D eigenvalue weighted by Crippen LogP contribution is 2.22. The zero-order chi connectivity index (χ0) is 14.0. The molecule has 4 nitrogen and oxygen atoms in total. The Labute approximate surface area is 119 Å². The predicted octanol–water partition coefficient (Wildman–Crippen LogP) is 1.62. The first-order chi connectivity index (χ1) is 8.87. The highest BCUT2D eigenvalue weighted by atomic mass is 32.2. The van der Waals surface area contributed by atoms with Crippen molar-refractivity contribution >= 4 is 32.7 Å². The van der Waals surface area contributed by atoms with Crippen LogP contribution in [0.2, 0.25) is 0 Å². The van der Waals surface area contributed by atoms with E-state index >= 15 is 0 Å².